The molecule has 2 aromatic rings. The number of hydrogen-bond acceptors (Lipinski definition) is 2. The van der Waals surface area contributed by atoms with Gasteiger partial charge in [-0.05, 0) is 41.5 Å². The van der Waals surface area contributed by atoms with Gasteiger partial charge in [0.05, 0.1) is 11.1 Å². The van der Waals surface area contributed by atoms with E-state index in [1.165, 1.54) is 18.2 Å². The highest BCUT2D eigenvalue weighted by molar-refractivity contribution is 5.87. The summed E-state index contributed by atoms with van der Waals surface area (Å²) in [6.07, 6.45) is -4.59. The summed E-state index contributed by atoms with van der Waals surface area (Å²) < 4.78 is 43.8. The van der Waals surface area contributed by atoms with Crippen LogP contribution in [0.4, 0.5) is 13.2 Å². The normalized spacial score (nSPS) is 17.0. The van der Waals surface area contributed by atoms with Crippen LogP contribution in [0.2, 0.25) is 0 Å². The number of halogens is 3. The Morgan fingerprint density at radius 1 is 1.18 bits per heavy atom. The molecule has 1 aliphatic rings. The SMILES string of the molecule is O=C(O)c1cccc([C@H]2Cc3cc(C(F)(F)F)ccc3O2)c1. The van der Waals surface area contributed by atoms with E-state index in [2.05, 4.69) is 0 Å². The molecular formula is C16H11F3O3. The molecule has 2 aromatic carbocycles. The summed E-state index contributed by atoms with van der Waals surface area (Å²) in [7, 11) is 0. The Morgan fingerprint density at radius 3 is 2.64 bits per heavy atom. The molecule has 114 valence electrons. The van der Waals surface area contributed by atoms with Gasteiger partial charge in [-0.25, -0.2) is 4.79 Å². The highest BCUT2D eigenvalue weighted by Crippen LogP contribution is 2.40. The zero-order chi connectivity index (χ0) is 15.9. The highest BCUT2D eigenvalue weighted by atomic mass is 19.4. The number of fused-ring (bicyclic) bond motifs is 1. The van der Waals surface area contributed by atoms with Crippen LogP contribution in [0.25, 0.3) is 0 Å². The number of benzene rings is 2. The predicted molar refractivity (Wildman–Crippen MR) is 71.9 cm³/mol. The number of alkyl halides is 3. The molecule has 0 aromatic heterocycles. The molecule has 0 unspecified atom stereocenters. The maximum absolute atomic E-state index is 12.7. The lowest BCUT2D eigenvalue weighted by Gasteiger charge is -2.11. The fourth-order valence-corrected chi connectivity index (χ4v) is 2.48. The summed E-state index contributed by atoms with van der Waals surface area (Å²) in [6, 6.07) is 9.59. The van der Waals surface area contributed by atoms with E-state index in [1.807, 2.05) is 0 Å². The van der Waals surface area contributed by atoms with Gasteiger partial charge < -0.3 is 9.84 Å². The third-order valence-electron chi connectivity index (χ3n) is 3.57. The van der Waals surface area contributed by atoms with Gasteiger partial charge in [-0.1, -0.05) is 12.1 Å². The van der Waals surface area contributed by atoms with Gasteiger partial charge in [0.15, 0.2) is 0 Å². The van der Waals surface area contributed by atoms with Crippen LogP contribution in [-0.2, 0) is 12.6 Å². The fourth-order valence-electron chi connectivity index (χ4n) is 2.48. The Morgan fingerprint density at radius 2 is 1.95 bits per heavy atom. The van der Waals surface area contributed by atoms with E-state index in [1.54, 1.807) is 12.1 Å². The number of carbonyl (C=O) groups is 1. The first-order chi connectivity index (χ1) is 10.3. The molecule has 6 heteroatoms. The van der Waals surface area contributed by atoms with Crippen LogP contribution in [0.15, 0.2) is 42.5 Å². The van der Waals surface area contributed by atoms with Crippen molar-refractivity contribution in [2.75, 3.05) is 0 Å². The van der Waals surface area contributed by atoms with Gasteiger partial charge in [0.25, 0.3) is 0 Å². The van der Waals surface area contributed by atoms with Crippen molar-refractivity contribution in [1.82, 2.24) is 0 Å². The Hall–Kier alpha value is -2.50. The van der Waals surface area contributed by atoms with Gasteiger partial charge in [-0.2, -0.15) is 13.2 Å². The highest BCUT2D eigenvalue weighted by Gasteiger charge is 2.33. The second kappa shape index (κ2) is 5.05. The molecule has 1 N–H and O–H groups in total. The predicted octanol–water partition coefficient (Wildman–Crippen LogP) is 4.08. The summed E-state index contributed by atoms with van der Waals surface area (Å²) in [6.45, 7) is 0. The number of carboxylic acids is 1. The first kappa shape index (κ1) is 14.4. The lowest BCUT2D eigenvalue weighted by Crippen LogP contribution is -2.05. The van der Waals surface area contributed by atoms with Crippen LogP contribution in [0.1, 0.15) is 33.2 Å². The number of hydrogen-bond donors (Lipinski definition) is 1. The zero-order valence-electron chi connectivity index (χ0n) is 11.2. The minimum absolute atomic E-state index is 0.119. The van der Waals surface area contributed by atoms with Crippen LogP contribution in [0, 0.1) is 0 Å². The van der Waals surface area contributed by atoms with Crippen molar-refractivity contribution in [2.24, 2.45) is 0 Å². The lowest BCUT2D eigenvalue weighted by molar-refractivity contribution is -0.137. The monoisotopic (exact) mass is 308 g/mol. The van der Waals surface area contributed by atoms with E-state index in [9.17, 15) is 18.0 Å². The standard InChI is InChI=1S/C16H11F3O3/c17-16(18,19)12-4-5-13-11(7-12)8-14(22-13)9-2-1-3-10(6-9)15(20)21/h1-7,14H,8H2,(H,20,21)/t14-/m1/s1. The third-order valence-corrected chi connectivity index (χ3v) is 3.57. The fraction of sp³-hybridized carbons (Fsp3) is 0.188. The number of carboxylic acid groups (broad SMARTS) is 1. The van der Waals surface area contributed by atoms with Gasteiger partial charge in [0.2, 0.25) is 0 Å². The zero-order valence-corrected chi connectivity index (χ0v) is 11.2. The molecule has 1 atom stereocenters. The molecule has 1 heterocycles. The Bertz CT molecular complexity index is 738. The van der Waals surface area contributed by atoms with Gasteiger partial charge >= 0.3 is 12.1 Å². The second-order valence-corrected chi connectivity index (χ2v) is 5.06. The molecule has 0 spiro atoms. The number of rotatable bonds is 2. The second-order valence-electron chi connectivity index (χ2n) is 5.06. The molecule has 1 aliphatic heterocycles. The van der Waals surface area contributed by atoms with Crippen molar-refractivity contribution in [2.45, 2.75) is 18.7 Å². The van der Waals surface area contributed by atoms with E-state index in [4.69, 9.17) is 9.84 Å². The maximum atomic E-state index is 12.7. The van der Waals surface area contributed by atoms with Crippen LogP contribution in [0.5, 0.6) is 5.75 Å². The quantitative estimate of drug-likeness (QED) is 0.909. The lowest BCUT2D eigenvalue weighted by atomic mass is 10.0. The van der Waals surface area contributed by atoms with Gasteiger partial charge in [0.1, 0.15) is 11.9 Å². The number of ether oxygens (including phenoxy) is 1. The molecular weight excluding hydrogens is 297 g/mol. The van der Waals surface area contributed by atoms with Crippen molar-refractivity contribution in [3.05, 3.63) is 64.7 Å². The average Bonchev–Trinajstić information content (AvgIpc) is 2.89. The molecule has 0 amide bonds. The summed E-state index contributed by atoms with van der Waals surface area (Å²) in [4.78, 5) is 11.0. The smallest absolute Gasteiger partial charge is 0.416 e. The summed E-state index contributed by atoms with van der Waals surface area (Å²) in [5.74, 6) is -0.657. The first-order valence-corrected chi connectivity index (χ1v) is 6.54. The molecule has 0 saturated heterocycles. The van der Waals surface area contributed by atoms with E-state index in [0.29, 0.717) is 16.9 Å². The van der Waals surface area contributed by atoms with Gasteiger partial charge in [-0.15, -0.1) is 0 Å². The molecule has 0 saturated carbocycles. The Balaban J connectivity index is 1.88. The van der Waals surface area contributed by atoms with Gasteiger partial charge in [-0.3, -0.25) is 0 Å². The van der Waals surface area contributed by atoms with Crippen molar-refractivity contribution in [3.8, 4) is 5.75 Å². The molecule has 3 nitrogen and oxygen atoms in total. The minimum atomic E-state index is -4.39. The molecule has 0 fully saturated rings. The van der Waals surface area contributed by atoms with E-state index in [-0.39, 0.29) is 12.0 Å². The average molecular weight is 308 g/mol. The number of aromatic carboxylic acids is 1. The molecule has 0 aliphatic carbocycles. The van der Waals surface area contributed by atoms with Gasteiger partial charge in [0, 0.05) is 6.42 Å². The van der Waals surface area contributed by atoms with Crippen molar-refractivity contribution >= 4 is 5.97 Å². The molecule has 0 radical (unpaired) electrons. The topological polar surface area (TPSA) is 46.5 Å². The van der Waals surface area contributed by atoms with Crippen LogP contribution < -0.4 is 4.74 Å². The first-order valence-electron chi connectivity index (χ1n) is 6.54. The van der Waals surface area contributed by atoms with Crippen molar-refractivity contribution in [1.29, 1.82) is 0 Å². The van der Waals surface area contributed by atoms with E-state index >= 15 is 0 Å². The van der Waals surface area contributed by atoms with Crippen LogP contribution in [-0.4, -0.2) is 11.1 Å². The Labute approximate surface area is 124 Å². The molecule has 22 heavy (non-hydrogen) atoms. The summed E-state index contributed by atoms with van der Waals surface area (Å²) >= 11 is 0. The van der Waals surface area contributed by atoms with Crippen LogP contribution in [0.3, 0.4) is 0 Å². The van der Waals surface area contributed by atoms with Crippen molar-refractivity contribution in [3.63, 3.8) is 0 Å². The summed E-state index contributed by atoms with van der Waals surface area (Å²) in [5, 5.41) is 8.99. The molecule has 3 rings (SSSR count). The largest absolute Gasteiger partial charge is 0.485 e. The van der Waals surface area contributed by atoms with E-state index in [0.717, 1.165) is 12.1 Å². The molecule has 0 bridgehead atoms. The third kappa shape index (κ3) is 2.64. The minimum Gasteiger partial charge on any atom is -0.485 e. The van der Waals surface area contributed by atoms with Crippen molar-refractivity contribution < 1.29 is 27.8 Å². The van der Waals surface area contributed by atoms with Crippen LogP contribution >= 0.6 is 0 Å². The van der Waals surface area contributed by atoms with E-state index < -0.39 is 23.8 Å². The maximum Gasteiger partial charge on any atom is 0.416 e. The summed E-state index contributed by atoms with van der Waals surface area (Å²) in [5.41, 5.74) is 0.507. The Kier molecular flexibility index (Phi) is 3.31.